The molecule has 0 unspecified atom stereocenters. The molecule has 1 amide bonds. The highest BCUT2D eigenvalue weighted by molar-refractivity contribution is 6.04. The molecule has 1 fully saturated rings. The van der Waals surface area contributed by atoms with Gasteiger partial charge in [-0.1, -0.05) is 18.2 Å². The molecule has 2 aromatic rings. The second-order valence-electron chi connectivity index (χ2n) is 5.24. The number of amides is 1. The van der Waals surface area contributed by atoms with E-state index in [0.717, 1.165) is 23.7 Å². The van der Waals surface area contributed by atoms with Crippen molar-refractivity contribution >= 4 is 16.8 Å². The zero-order chi connectivity index (χ0) is 13.3. The van der Waals surface area contributed by atoms with E-state index in [2.05, 4.69) is 22.4 Å². The number of nitrogens with zero attached hydrogens (tertiary/aromatic N) is 1. The van der Waals surface area contributed by atoms with Crippen molar-refractivity contribution in [3.05, 3.63) is 30.0 Å². The number of H-pyrrole nitrogens is 1. The smallest absolute Gasteiger partial charge is 0.272 e. The maximum absolute atomic E-state index is 12.4. The zero-order valence-electron chi connectivity index (χ0n) is 10.9. The third-order valence-corrected chi connectivity index (χ3v) is 3.70. The molecule has 1 aromatic heterocycles. The number of nitrogens with one attached hydrogen (secondary N) is 2. The number of carbonyl (C=O) groups excluding carboxylic acids is 1. The summed E-state index contributed by atoms with van der Waals surface area (Å²) in [7, 11) is 0. The molecule has 0 bridgehead atoms. The number of fused-ring (bicyclic) bond motifs is 1. The lowest BCUT2D eigenvalue weighted by Gasteiger charge is -2.34. The molecule has 3 rings (SSSR count). The van der Waals surface area contributed by atoms with Gasteiger partial charge in [-0.25, -0.2) is 0 Å². The maximum atomic E-state index is 12.4. The first kappa shape index (κ1) is 12.2. The van der Waals surface area contributed by atoms with Crippen molar-refractivity contribution in [3.8, 4) is 0 Å². The van der Waals surface area contributed by atoms with Gasteiger partial charge in [-0.3, -0.25) is 9.89 Å². The van der Waals surface area contributed by atoms with E-state index < -0.39 is 0 Å². The van der Waals surface area contributed by atoms with Gasteiger partial charge in [-0.05, 0) is 25.8 Å². The Bertz CT molecular complexity index is 600. The lowest BCUT2D eigenvalue weighted by molar-refractivity contribution is 0.0422. The normalized spacial score (nSPS) is 18.4. The van der Waals surface area contributed by atoms with Crippen LogP contribution in [0.25, 0.3) is 10.9 Å². The quantitative estimate of drug-likeness (QED) is 0.865. The number of para-hydroxylation sites is 1. The highest BCUT2D eigenvalue weighted by Crippen LogP contribution is 2.21. The minimum absolute atomic E-state index is 0.123. The number of benzene rings is 1. The van der Waals surface area contributed by atoms with Crippen molar-refractivity contribution in [2.75, 3.05) is 13.2 Å². The van der Waals surface area contributed by atoms with E-state index in [4.69, 9.17) is 4.74 Å². The molecule has 1 saturated heterocycles. The van der Waals surface area contributed by atoms with Crippen LogP contribution < -0.4 is 5.32 Å². The van der Waals surface area contributed by atoms with Gasteiger partial charge in [0.15, 0.2) is 5.69 Å². The van der Waals surface area contributed by atoms with Crippen LogP contribution in [0, 0.1) is 0 Å². The van der Waals surface area contributed by atoms with E-state index in [9.17, 15) is 4.79 Å². The number of hydrogen-bond donors (Lipinski definition) is 2. The van der Waals surface area contributed by atoms with Gasteiger partial charge >= 0.3 is 0 Å². The Kier molecular flexibility index (Phi) is 2.98. The number of hydrogen-bond acceptors (Lipinski definition) is 3. The average Bonchev–Trinajstić information content (AvgIpc) is 2.83. The number of aromatic nitrogens is 2. The van der Waals surface area contributed by atoms with Crippen molar-refractivity contribution in [2.24, 2.45) is 0 Å². The molecule has 0 spiro atoms. The Hall–Kier alpha value is -1.88. The second-order valence-corrected chi connectivity index (χ2v) is 5.24. The number of aromatic amines is 1. The summed E-state index contributed by atoms with van der Waals surface area (Å²) < 4.78 is 5.33. The van der Waals surface area contributed by atoms with Crippen molar-refractivity contribution in [2.45, 2.75) is 25.3 Å². The fourth-order valence-corrected chi connectivity index (χ4v) is 2.42. The summed E-state index contributed by atoms with van der Waals surface area (Å²) in [5, 5.41) is 11.0. The predicted molar refractivity (Wildman–Crippen MR) is 72.0 cm³/mol. The van der Waals surface area contributed by atoms with E-state index in [1.54, 1.807) is 0 Å². The highest BCUT2D eigenvalue weighted by atomic mass is 16.5. The molecule has 5 nitrogen and oxygen atoms in total. The van der Waals surface area contributed by atoms with Gasteiger partial charge in [0.25, 0.3) is 5.91 Å². The van der Waals surface area contributed by atoms with Crippen molar-refractivity contribution in [3.63, 3.8) is 0 Å². The molecular formula is C14H17N3O2. The molecule has 2 heterocycles. The third kappa shape index (κ3) is 2.33. The zero-order valence-corrected chi connectivity index (χ0v) is 10.9. The lowest BCUT2D eigenvalue weighted by atomic mass is 9.92. The molecule has 19 heavy (non-hydrogen) atoms. The third-order valence-electron chi connectivity index (χ3n) is 3.70. The SMILES string of the molecule is CC1(NC(=O)c2n[nH]c3ccccc23)CCOCC1. The van der Waals surface area contributed by atoms with E-state index in [1.165, 1.54) is 0 Å². The largest absolute Gasteiger partial charge is 0.381 e. The fraction of sp³-hybridized carbons (Fsp3) is 0.429. The summed E-state index contributed by atoms with van der Waals surface area (Å²) in [6, 6.07) is 7.64. The monoisotopic (exact) mass is 259 g/mol. The van der Waals surface area contributed by atoms with Crippen LogP contribution in [0.1, 0.15) is 30.3 Å². The van der Waals surface area contributed by atoms with Crippen LogP contribution in [0.3, 0.4) is 0 Å². The highest BCUT2D eigenvalue weighted by Gasteiger charge is 2.30. The molecule has 0 radical (unpaired) electrons. The van der Waals surface area contributed by atoms with E-state index in [-0.39, 0.29) is 11.4 Å². The molecule has 1 aliphatic heterocycles. The van der Waals surface area contributed by atoms with Gasteiger partial charge in [-0.2, -0.15) is 5.10 Å². The summed E-state index contributed by atoms with van der Waals surface area (Å²) in [4.78, 5) is 12.4. The average molecular weight is 259 g/mol. The van der Waals surface area contributed by atoms with Crippen molar-refractivity contribution in [1.82, 2.24) is 15.5 Å². The fourth-order valence-electron chi connectivity index (χ4n) is 2.42. The Morgan fingerprint density at radius 3 is 2.89 bits per heavy atom. The van der Waals surface area contributed by atoms with Crippen LogP contribution in [0.5, 0.6) is 0 Å². The summed E-state index contributed by atoms with van der Waals surface area (Å²) in [6.07, 6.45) is 1.67. The summed E-state index contributed by atoms with van der Waals surface area (Å²) in [5.74, 6) is -0.123. The van der Waals surface area contributed by atoms with Gasteiger partial charge in [0.05, 0.1) is 5.52 Å². The Morgan fingerprint density at radius 2 is 2.11 bits per heavy atom. The van der Waals surface area contributed by atoms with Crippen LogP contribution >= 0.6 is 0 Å². The molecule has 0 saturated carbocycles. The minimum Gasteiger partial charge on any atom is -0.381 e. The van der Waals surface area contributed by atoms with Crippen molar-refractivity contribution < 1.29 is 9.53 Å². The number of rotatable bonds is 2. The van der Waals surface area contributed by atoms with Crippen LogP contribution in [-0.4, -0.2) is 34.9 Å². The number of ether oxygens (including phenoxy) is 1. The van der Waals surface area contributed by atoms with Crippen LogP contribution in [0.4, 0.5) is 0 Å². The minimum atomic E-state index is -0.199. The van der Waals surface area contributed by atoms with Crippen molar-refractivity contribution in [1.29, 1.82) is 0 Å². The predicted octanol–water partition coefficient (Wildman–Crippen LogP) is 1.86. The number of carbonyl (C=O) groups is 1. The van der Waals surface area contributed by atoms with Crippen LogP contribution in [0.2, 0.25) is 0 Å². The maximum Gasteiger partial charge on any atom is 0.272 e. The summed E-state index contributed by atoms with van der Waals surface area (Å²) >= 11 is 0. The Balaban J connectivity index is 1.84. The molecule has 0 atom stereocenters. The van der Waals surface area contributed by atoms with Gasteiger partial charge in [0.1, 0.15) is 0 Å². The molecule has 5 heteroatoms. The van der Waals surface area contributed by atoms with Crippen LogP contribution in [-0.2, 0) is 4.74 Å². The Labute approximate surface area is 111 Å². The first-order chi connectivity index (χ1) is 9.18. The molecule has 2 N–H and O–H groups in total. The summed E-state index contributed by atoms with van der Waals surface area (Å²) in [5.41, 5.74) is 1.14. The lowest BCUT2D eigenvalue weighted by Crippen LogP contribution is -2.49. The van der Waals surface area contributed by atoms with Crippen LogP contribution in [0.15, 0.2) is 24.3 Å². The molecule has 1 aliphatic rings. The summed E-state index contributed by atoms with van der Waals surface area (Å²) in [6.45, 7) is 3.44. The van der Waals surface area contributed by atoms with Gasteiger partial charge in [-0.15, -0.1) is 0 Å². The van der Waals surface area contributed by atoms with E-state index in [0.29, 0.717) is 18.9 Å². The van der Waals surface area contributed by atoms with Gasteiger partial charge < -0.3 is 10.1 Å². The second kappa shape index (κ2) is 4.66. The standard InChI is InChI=1S/C14H17N3O2/c1-14(6-8-19-9-7-14)15-13(18)12-10-4-2-3-5-11(10)16-17-12/h2-5H,6-9H2,1H3,(H,15,18)(H,16,17). The molecule has 100 valence electrons. The first-order valence-electron chi connectivity index (χ1n) is 6.51. The van der Waals surface area contributed by atoms with E-state index in [1.807, 2.05) is 24.3 Å². The Morgan fingerprint density at radius 1 is 1.37 bits per heavy atom. The first-order valence-corrected chi connectivity index (χ1v) is 6.51. The molecule has 0 aliphatic carbocycles. The molecule has 1 aromatic carbocycles. The van der Waals surface area contributed by atoms with Gasteiger partial charge in [0.2, 0.25) is 0 Å². The van der Waals surface area contributed by atoms with E-state index >= 15 is 0 Å². The van der Waals surface area contributed by atoms with Gasteiger partial charge in [0, 0.05) is 24.1 Å². The topological polar surface area (TPSA) is 67.0 Å². The molecular weight excluding hydrogens is 242 g/mol.